The van der Waals surface area contributed by atoms with Crippen LogP contribution in [0.25, 0.3) is 11.1 Å². The van der Waals surface area contributed by atoms with Gasteiger partial charge in [0, 0.05) is 30.8 Å². The van der Waals surface area contributed by atoms with E-state index >= 15 is 0 Å². The summed E-state index contributed by atoms with van der Waals surface area (Å²) in [6, 6.07) is 16.3. The molecule has 0 radical (unpaired) electrons. The van der Waals surface area contributed by atoms with Gasteiger partial charge in [0.05, 0.1) is 12.1 Å². The molecule has 0 bridgehead atoms. The second-order valence-electron chi connectivity index (χ2n) is 8.87. The van der Waals surface area contributed by atoms with Crippen molar-refractivity contribution >= 4 is 34.4 Å². The summed E-state index contributed by atoms with van der Waals surface area (Å²) >= 11 is 1.25. The summed E-state index contributed by atoms with van der Waals surface area (Å²) in [5.74, 6) is -0.631. The largest absolute Gasteiger partial charge is 0.481 e. The lowest BCUT2D eigenvalue weighted by Crippen LogP contribution is -2.50. The van der Waals surface area contributed by atoms with Gasteiger partial charge in [-0.1, -0.05) is 48.5 Å². The van der Waals surface area contributed by atoms with Gasteiger partial charge in [0.15, 0.2) is 5.13 Å². The normalized spacial score (nSPS) is 14.7. The molecule has 8 nitrogen and oxygen atoms in total. The monoisotopic (exact) mass is 491 g/mol. The van der Waals surface area contributed by atoms with Crippen LogP contribution >= 0.6 is 11.3 Å². The Morgan fingerprint density at radius 2 is 1.71 bits per heavy atom. The molecule has 2 aromatic carbocycles. The Hall–Kier alpha value is -3.72. The maximum absolute atomic E-state index is 12.5. The molecule has 0 saturated carbocycles. The second-order valence-corrected chi connectivity index (χ2v) is 9.73. The number of nitrogens with zero attached hydrogens (tertiary/aromatic N) is 2. The minimum absolute atomic E-state index is 0.0199. The van der Waals surface area contributed by atoms with Crippen LogP contribution in [0.1, 0.15) is 35.6 Å². The summed E-state index contributed by atoms with van der Waals surface area (Å²) in [4.78, 5) is 41.6. The first-order valence-corrected chi connectivity index (χ1v) is 12.4. The summed E-state index contributed by atoms with van der Waals surface area (Å²) < 4.78 is 5.55. The van der Waals surface area contributed by atoms with Gasteiger partial charge in [0.2, 0.25) is 5.91 Å². The number of thiazole rings is 1. The Balaban J connectivity index is 1.11. The highest BCUT2D eigenvalue weighted by atomic mass is 32.1. The molecule has 2 amide bonds. The average Bonchev–Trinajstić information content (AvgIpc) is 3.38. The number of amides is 2. The van der Waals surface area contributed by atoms with E-state index in [1.807, 2.05) is 24.3 Å². The third-order valence-electron chi connectivity index (χ3n) is 6.51. The van der Waals surface area contributed by atoms with E-state index in [4.69, 9.17) is 9.84 Å². The van der Waals surface area contributed by atoms with Crippen LogP contribution in [0.5, 0.6) is 0 Å². The van der Waals surface area contributed by atoms with Crippen molar-refractivity contribution in [2.24, 2.45) is 5.92 Å². The van der Waals surface area contributed by atoms with Crippen molar-refractivity contribution in [3.63, 3.8) is 0 Å². The number of benzene rings is 2. The third kappa shape index (κ3) is 5.05. The van der Waals surface area contributed by atoms with Crippen LogP contribution in [-0.4, -0.2) is 52.7 Å². The molecule has 5 rings (SSSR count). The van der Waals surface area contributed by atoms with E-state index in [0.717, 1.165) is 11.1 Å². The molecule has 0 unspecified atom stereocenters. The van der Waals surface area contributed by atoms with Crippen molar-refractivity contribution in [1.29, 1.82) is 0 Å². The molecule has 1 saturated heterocycles. The number of aliphatic carboxylic acids is 1. The first kappa shape index (κ1) is 23.0. The van der Waals surface area contributed by atoms with Crippen molar-refractivity contribution in [2.45, 2.75) is 25.2 Å². The van der Waals surface area contributed by atoms with Crippen LogP contribution in [0.4, 0.5) is 9.93 Å². The topological polar surface area (TPSA) is 109 Å². The smallest absolute Gasteiger partial charge is 0.413 e. The molecule has 1 aromatic heterocycles. The Labute approximate surface area is 206 Å². The molecule has 0 atom stereocenters. The molecular weight excluding hydrogens is 466 g/mol. The number of carbonyl (C=O) groups is 3. The van der Waals surface area contributed by atoms with Gasteiger partial charge in [-0.15, -0.1) is 11.3 Å². The molecule has 2 heterocycles. The van der Waals surface area contributed by atoms with Gasteiger partial charge in [-0.25, -0.2) is 9.78 Å². The summed E-state index contributed by atoms with van der Waals surface area (Å²) in [6.45, 7) is 1.39. The number of anilines is 1. The number of aromatic nitrogens is 1. The fourth-order valence-electron chi connectivity index (χ4n) is 4.72. The van der Waals surface area contributed by atoms with Crippen LogP contribution in [0.3, 0.4) is 0 Å². The van der Waals surface area contributed by atoms with Gasteiger partial charge in [0.25, 0.3) is 0 Å². The molecule has 1 fully saturated rings. The van der Waals surface area contributed by atoms with Crippen molar-refractivity contribution in [3.8, 4) is 11.1 Å². The summed E-state index contributed by atoms with van der Waals surface area (Å²) in [5, 5.41) is 13.6. The van der Waals surface area contributed by atoms with Gasteiger partial charge in [-0.05, 0) is 34.6 Å². The van der Waals surface area contributed by atoms with Crippen LogP contribution in [0, 0.1) is 5.92 Å². The molecule has 35 heavy (non-hydrogen) atoms. The molecule has 1 aliphatic carbocycles. The maximum atomic E-state index is 12.5. The lowest BCUT2D eigenvalue weighted by atomic mass is 9.94. The number of hydrogen-bond acceptors (Lipinski definition) is 6. The zero-order chi connectivity index (χ0) is 24.4. The minimum atomic E-state index is -0.811. The van der Waals surface area contributed by atoms with Gasteiger partial charge in [-0.2, -0.15) is 0 Å². The van der Waals surface area contributed by atoms with Crippen LogP contribution < -0.4 is 5.32 Å². The van der Waals surface area contributed by atoms with Gasteiger partial charge in [-0.3, -0.25) is 14.9 Å². The summed E-state index contributed by atoms with van der Waals surface area (Å²) in [7, 11) is 0. The molecule has 3 aromatic rings. The van der Waals surface area contributed by atoms with E-state index in [2.05, 4.69) is 34.6 Å². The molecule has 0 spiro atoms. The van der Waals surface area contributed by atoms with Gasteiger partial charge < -0.3 is 14.7 Å². The Kier molecular flexibility index (Phi) is 6.50. The van der Waals surface area contributed by atoms with E-state index in [1.54, 1.807) is 10.3 Å². The fourth-order valence-corrected chi connectivity index (χ4v) is 5.41. The predicted molar refractivity (Wildman–Crippen MR) is 131 cm³/mol. The molecule has 9 heteroatoms. The van der Waals surface area contributed by atoms with E-state index in [1.165, 1.54) is 22.5 Å². The number of likely N-dealkylation sites (tertiary alicyclic amines) is 1. The molecule has 2 aliphatic rings. The molecule has 1 aliphatic heterocycles. The van der Waals surface area contributed by atoms with E-state index in [9.17, 15) is 14.4 Å². The number of carboxylic acids is 1. The Morgan fingerprint density at radius 3 is 2.37 bits per heavy atom. The van der Waals surface area contributed by atoms with E-state index in [0.29, 0.717) is 30.3 Å². The van der Waals surface area contributed by atoms with Crippen molar-refractivity contribution < 1.29 is 24.2 Å². The van der Waals surface area contributed by atoms with Crippen molar-refractivity contribution in [3.05, 3.63) is 70.7 Å². The number of carboxylic acid groups (broad SMARTS) is 1. The van der Waals surface area contributed by atoms with Crippen LogP contribution in [-0.2, 0) is 20.7 Å². The Bertz CT molecular complexity index is 1220. The number of ether oxygens (including phenoxy) is 1. The number of hydrogen-bond donors (Lipinski definition) is 2. The first-order chi connectivity index (χ1) is 17.0. The zero-order valence-electron chi connectivity index (χ0n) is 19.0. The number of fused-ring (bicyclic) bond motifs is 3. The van der Waals surface area contributed by atoms with E-state index in [-0.39, 0.29) is 37.2 Å². The third-order valence-corrected chi connectivity index (χ3v) is 7.32. The zero-order valence-corrected chi connectivity index (χ0v) is 19.8. The molecule has 2 N–H and O–H groups in total. The lowest BCUT2D eigenvalue weighted by molar-refractivity contribution is -0.139. The highest BCUT2D eigenvalue weighted by Gasteiger charge is 2.31. The number of rotatable bonds is 8. The predicted octanol–water partition coefficient (Wildman–Crippen LogP) is 4.37. The van der Waals surface area contributed by atoms with Gasteiger partial charge >= 0.3 is 12.1 Å². The van der Waals surface area contributed by atoms with Crippen LogP contribution in [0.15, 0.2) is 53.9 Å². The summed E-state index contributed by atoms with van der Waals surface area (Å²) in [6.07, 6.45) is 0.283. The lowest BCUT2D eigenvalue weighted by Gasteiger charge is -2.39. The molecular formula is C26H25N3O5S. The minimum Gasteiger partial charge on any atom is -0.481 e. The summed E-state index contributed by atoms with van der Waals surface area (Å²) in [5.41, 5.74) is 5.21. The fraction of sp³-hybridized carbons (Fsp3) is 0.308. The van der Waals surface area contributed by atoms with Crippen molar-refractivity contribution in [1.82, 2.24) is 9.88 Å². The number of nitrogens with one attached hydrogen (secondary N) is 1. The second kappa shape index (κ2) is 9.87. The maximum Gasteiger partial charge on any atom is 0.413 e. The SMILES string of the molecule is O=C(O)CCC1CN(C(=O)Cc2csc(NC(=O)OCC3c4ccccc4-c4ccccc43)n2)C1. The van der Waals surface area contributed by atoms with Crippen molar-refractivity contribution in [2.75, 3.05) is 25.0 Å². The first-order valence-electron chi connectivity index (χ1n) is 11.5. The quantitative estimate of drug-likeness (QED) is 0.484. The average molecular weight is 492 g/mol. The van der Waals surface area contributed by atoms with Gasteiger partial charge in [0.1, 0.15) is 6.61 Å². The standard InChI is InChI=1S/C26H25N3O5S/c30-23(29-12-16(13-29)9-10-24(31)32)11-17-15-35-25(27-17)28-26(33)34-14-22-20-7-3-1-5-18(20)19-6-2-4-8-21(19)22/h1-8,15-16,22H,9-14H2,(H,31,32)(H,27,28,33). The van der Waals surface area contributed by atoms with Crippen LogP contribution in [0.2, 0.25) is 0 Å². The molecule has 180 valence electrons. The van der Waals surface area contributed by atoms with E-state index < -0.39 is 12.1 Å². The number of carbonyl (C=O) groups excluding carboxylic acids is 2. The Morgan fingerprint density at radius 1 is 1.06 bits per heavy atom. The highest BCUT2D eigenvalue weighted by molar-refractivity contribution is 7.13. The highest BCUT2D eigenvalue weighted by Crippen LogP contribution is 2.44.